The summed E-state index contributed by atoms with van der Waals surface area (Å²) in [6.07, 6.45) is 12.3. The molecule has 0 unspecified atom stereocenters. The number of aromatic nitrogens is 2. The third-order valence-corrected chi connectivity index (χ3v) is 9.02. The van der Waals surface area contributed by atoms with E-state index in [-0.39, 0.29) is 35.9 Å². The molecule has 2 fully saturated rings. The molecule has 2 saturated carbocycles. The Morgan fingerprint density at radius 2 is 1.43 bits per heavy atom. The van der Waals surface area contributed by atoms with E-state index in [1.54, 1.807) is 6.92 Å². The van der Waals surface area contributed by atoms with Crippen LogP contribution in [0.5, 0.6) is 0 Å². The normalized spacial score (nSPS) is 18.2. The van der Waals surface area contributed by atoms with Gasteiger partial charge in [-0.25, -0.2) is 4.98 Å². The van der Waals surface area contributed by atoms with Crippen molar-refractivity contribution in [3.63, 3.8) is 0 Å². The van der Waals surface area contributed by atoms with Crippen molar-refractivity contribution in [2.45, 2.75) is 135 Å². The summed E-state index contributed by atoms with van der Waals surface area (Å²) in [4.78, 5) is 87.3. The quantitative estimate of drug-likeness (QED) is 0.149. The molecule has 0 radical (unpaired) electrons. The second-order valence-corrected chi connectivity index (χ2v) is 13.5. The Balaban J connectivity index is 1.77. The fourth-order valence-electron chi connectivity index (χ4n) is 5.82. The lowest BCUT2D eigenvalue weighted by Gasteiger charge is -2.31. The molecule has 13 heteroatoms. The monoisotopic (exact) mass is 655 g/mol. The molecule has 13 nitrogen and oxygen atoms in total. The van der Waals surface area contributed by atoms with Crippen molar-refractivity contribution < 1.29 is 28.8 Å². The molecule has 5 atom stereocenters. The van der Waals surface area contributed by atoms with Crippen LogP contribution >= 0.6 is 0 Å². The van der Waals surface area contributed by atoms with Crippen LogP contribution < -0.4 is 26.6 Å². The highest BCUT2D eigenvalue weighted by Gasteiger charge is 2.36. The fourth-order valence-corrected chi connectivity index (χ4v) is 5.82. The molecule has 260 valence electrons. The van der Waals surface area contributed by atoms with E-state index in [0.717, 1.165) is 44.9 Å². The molecule has 47 heavy (non-hydrogen) atoms. The van der Waals surface area contributed by atoms with Gasteiger partial charge in [0.2, 0.25) is 23.5 Å². The van der Waals surface area contributed by atoms with Crippen LogP contribution in [0.15, 0.2) is 18.6 Å². The second-order valence-electron chi connectivity index (χ2n) is 13.5. The highest BCUT2D eigenvalue weighted by atomic mass is 16.2. The number of carbonyl (C=O) groups is 6. The maximum atomic E-state index is 13.9. The highest BCUT2D eigenvalue weighted by Crippen LogP contribution is 2.28. The first-order chi connectivity index (χ1) is 22.4. The van der Waals surface area contributed by atoms with Crippen molar-refractivity contribution in [3.05, 3.63) is 24.3 Å². The van der Waals surface area contributed by atoms with Crippen molar-refractivity contribution in [2.24, 2.45) is 17.8 Å². The molecule has 2 aliphatic rings. The molecule has 1 aromatic rings. The Kier molecular flexibility index (Phi) is 14.7. The minimum Gasteiger partial charge on any atom is -0.347 e. The van der Waals surface area contributed by atoms with Crippen LogP contribution in [0.25, 0.3) is 0 Å². The molecule has 0 spiro atoms. The molecule has 0 bridgehead atoms. The van der Waals surface area contributed by atoms with E-state index in [1.165, 1.54) is 18.6 Å². The van der Waals surface area contributed by atoms with Gasteiger partial charge >= 0.3 is 0 Å². The maximum Gasteiger partial charge on any atom is 0.289 e. The molecule has 5 amide bonds. The van der Waals surface area contributed by atoms with Gasteiger partial charge in [-0.1, -0.05) is 73.1 Å². The van der Waals surface area contributed by atoms with E-state index in [4.69, 9.17) is 0 Å². The van der Waals surface area contributed by atoms with Crippen LogP contribution in [-0.4, -0.2) is 75.5 Å². The van der Waals surface area contributed by atoms with E-state index in [9.17, 15) is 28.8 Å². The molecule has 0 aromatic carbocycles. The average Bonchev–Trinajstić information content (AvgIpc) is 3.89. The summed E-state index contributed by atoms with van der Waals surface area (Å²) < 4.78 is 0. The Labute approximate surface area is 278 Å². The molecule has 0 saturated heterocycles. The van der Waals surface area contributed by atoms with E-state index < -0.39 is 59.5 Å². The smallest absolute Gasteiger partial charge is 0.289 e. The lowest BCUT2D eigenvalue weighted by molar-refractivity contribution is -0.140. The number of nitrogens with zero attached hydrogens (tertiary/aromatic N) is 2. The van der Waals surface area contributed by atoms with Crippen molar-refractivity contribution >= 4 is 35.3 Å². The SMILES string of the molecule is CC[C@H](NC(=O)[C@H](CC1CCCCC1)NC(=O)[C@@H](NC(=O)[C@H](CC(C)C)NC(=O)c1cnccn1)[C@@H](C)CC)C(=O)C(=O)NC1CC1. The van der Waals surface area contributed by atoms with E-state index in [2.05, 4.69) is 36.6 Å². The Morgan fingerprint density at radius 1 is 0.766 bits per heavy atom. The first kappa shape index (κ1) is 37.6. The molecule has 1 aromatic heterocycles. The van der Waals surface area contributed by atoms with Gasteiger partial charge in [0, 0.05) is 18.4 Å². The van der Waals surface area contributed by atoms with Crippen molar-refractivity contribution in [2.75, 3.05) is 0 Å². The number of rotatable bonds is 18. The molecular weight excluding hydrogens is 602 g/mol. The zero-order valence-electron chi connectivity index (χ0n) is 28.5. The van der Waals surface area contributed by atoms with E-state index in [1.807, 2.05) is 27.7 Å². The van der Waals surface area contributed by atoms with Gasteiger partial charge in [-0.3, -0.25) is 33.8 Å². The summed E-state index contributed by atoms with van der Waals surface area (Å²) in [7, 11) is 0. The lowest BCUT2D eigenvalue weighted by Crippen LogP contribution is -2.60. The number of hydrogen-bond acceptors (Lipinski definition) is 8. The average molecular weight is 656 g/mol. The largest absolute Gasteiger partial charge is 0.347 e. The summed E-state index contributed by atoms with van der Waals surface area (Å²) in [5.74, 6) is -3.62. The first-order valence-electron chi connectivity index (χ1n) is 17.3. The number of carbonyl (C=O) groups excluding carboxylic acids is 6. The second kappa shape index (κ2) is 18.4. The topological polar surface area (TPSA) is 188 Å². The van der Waals surface area contributed by atoms with Crippen molar-refractivity contribution in [3.8, 4) is 0 Å². The Hall–Kier alpha value is -3.90. The molecule has 1 heterocycles. The van der Waals surface area contributed by atoms with Gasteiger partial charge in [-0.2, -0.15) is 0 Å². The molecule has 3 rings (SSSR count). The van der Waals surface area contributed by atoms with Gasteiger partial charge in [0.15, 0.2) is 0 Å². The molecule has 0 aliphatic heterocycles. The van der Waals surface area contributed by atoms with Crippen LogP contribution in [0, 0.1) is 17.8 Å². The zero-order chi connectivity index (χ0) is 34.5. The predicted octanol–water partition coefficient (Wildman–Crippen LogP) is 2.35. The van der Waals surface area contributed by atoms with Crippen molar-refractivity contribution in [1.82, 2.24) is 36.6 Å². The minimum absolute atomic E-state index is 0.00571. The minimum atomic E-state index is -1.02. The van der Waals surface area contributed by atoms with Gasteiger partial charge in [0.05, 0.1) is 12.2 Å². The zero-order valence-corrected chi connectivity index (χ0v) is 28.5. The standard InChI is InChI=1S/C34H53N7O6/c1-6-21(5)28(41-31(44)25(17-20(3)4)39-32(45)27-19-35-15-16-36-27)33(46)40-26(18-22-11-9-8-10-12-22)30(43)38-24(7-2)29(42)34(47)37-23-13-14-23/h15-16,19-26,28H,6-14,17-18H2,1-5H3,(H,37,47)(H,38,43)(H,39,45)(H,40,46)(H,41,44)/t21-,24-,25-,26-,28-/m0/s1. The van der Waals surface area contributed by atoms with Gasteiger partial charge in [0.25, 0.3) is 11.8 Å². The molecule has 2 aliphatic carbocycles. The summed E-state index contributed by atoms with van der Waals surface area (Å²) >= 11 is 0. The number of Topliss-reactive ketones (excluding diaryl/α,β-unsaturated/α-hetero) is 1. The summed E-state index contributed by atoms with van der Waals surface area (Å²) in [5.41, 5.74) is 0.0655. The van der Waals surface area contributed by atoms with E-state index in [0.29, 0.717) is 19.3 Å². The van der Waals surface area contributed by atoms with Crippen LogP contribution in [-0.2, 0) is 24.0 Å². The number of amides is 5. The molecule has 5 N–H and O–H groups in total. The first-order valence-corrected chi connectivity index (χ1v) is 17.3. The number of ketones is 1. The third kappa shape index (κ3) is 12.0. The highest BCUT2D eigenvalue weighted by molar-refractivity contribution is 6.38. The summed E-state index contributed by atoms with van der Waals surface area (Å²) in [6.45, 7) is 9.29. The van der Waals surface area contributed by atoms with Crippen LogP contribution in [0.1, 0.15) is 116 Å². The molecular formula is C34H53N7O6. The lowest BCUT2D eigenvalue weighted by atomic mass is 9.84. The van der Waals surface area contributed by atoms with Gasteiger partial charge in [0.1, 0.15) is 23.8 Å². The van der Waals surface area contributed by atoms with Crippen molar-refractivity contribution in [1.29, 1.82) is 0 Å². The predicted molar refractivity (Wildman–Crippen MR) is 176 cm³/mol. The Bertz CT molecular complexity index is 1230. The van der Waals surface area contributed by atoms with Crippen LogP contribution in [0.2, 0.25) is 0 Å². The van der Waals surface area contributed by atoms with E-state index >= 15 is 0 Å². The maximum absolute atomic E-state index is 13.9. The van der Waals surface area contributed by atoms with Gasteiger partial charge in [-0.15, -0.1) is 0 Å². The number of nitrogens with one attached hydrogen (secondary N) is 5. The van der Waals surface area contributed by atoms with Crippen LogP contribution in [0.3, 0.4) is 0 Å². The van der Waals surface area contributed by atoms with Gasteiger partial charge < -0.3 is 26.6 Å². The van der Waals surface area contributed by atoms with Crippen LogP contribution in [0.4, 0.5) is 0 Å². The van der Waals surface area contributed by atoms with Gasteiger partial charge in [-0.05, 0) is 49.9 Å². The summed E-state index contributed by atoms with van der Waals surface area (Å²) in [6, 6.07) is -3.92. The summed E-state index contributed by atoms with van der Waals surface area (Å²) in [5, 5.41) is 13.9. The Morgan fingerprint density at radius 3 is 2.00 bits per heavy atom. The number of hydrogen-bond donors (Lipinski definition) is 5. The third-order valence-electron chi connectivity index (χ3n) is 9.02. The fraction of sp³-hybridized carbons (Fsp3) is 0.706.